The molecule has 0 aliphatic carbocycles. The van der Waals surface area contributed by atoms with Crippen molar-refractivity contribution in [2.75, 3.05) is 0 Å². The number of nitrogens with one attached hydrogen (secondary N) is 1. The topological polar surface area (TPSA) is 84.2 Å². The van der Waals surface area contributed by atoms with Gasteiger partial charge in [-0.15, -0.1) is 0 Å². The highest BCUT2D eigenvalue weighted by Crippen LogP contribution is 2.13. The lowest BCUT2D eigenvalue weighted by Crippen LogP contribution is -2.48. The first-order chi connectivity index (χ1) is 12.8. The highest BCUT2D eigenvalue weighted by Gasteiger charge is 2.26. The van der Waals surface area contributed by atoms with Gasteiger partial charge in [0, 0.05) is 24.9 Å². The molecule has 2 atom stereocenters. The fourth-order valence-corrected chi connectivity index (χ4v) is 3.12. The molecule has 0 aliphatic heterocycles. The normalized spacial score (nSPS) is 13.5. The van der Waals surface area contributed by atoms with Gasteiger partial charge >= 0.3 is 5.97 Å². The van der Waals surface area contributed by atoms with E-state index in [4.69, 9.17) is 0 Å². The molecule has 6 heteroatoms. The smallest absolute Gasteiger partial charge is 0.321 e. The van der Waals surface area contributed by atoms with Gasteiger partial charge in [0.25, 0.3) is 0 Å². The Balaban J connectivity index is 2.15. The summed E-state index contributed by atoms with van der Waals surface area (Å²) < 4.78 is 1.96. The molecule has 2 N–H and O–H groups in total. The van der Waals surface area contributed by atoms with Gasteiger partial charge in [0.2, 0.25) is 0 Å². The van der Waals surface area contributed by atoms with Crippen LogP contribution in [0.1, 0.15) is 44.0 Å². The van der Waals surface area contributed by atoms with Crippen molar-refractivity contribution in [3.05, 3.63) is 53.6 Å². The number of benzene rings is 1. The maximum atomic E-state index is 11.9. The van der Waals surface area contributed by atoms with E-state index in [0.29, 0.717) is 18.9 Å². The number of aromatic nitrogens is 2. The van der Waals surface area contributed by atoms with Crippen molar-refractivity contribution < 1.29 is 14.7 Å². The largest absolute Gasteiger partial charge is 0.480 e. The van der Waals surface area contributed by atoms with Gasteiger partial charge in [0.05, 0.1) is 12.4 Å². The minimum atomic E-state index is -0.964. The summed E-state index contributed by atoms with van der Waals surface area (Å²) >= 11 is 0. The summed E-state index contributed by atoms with van der Waals surface area (Å²) in [6, 6.07) is 6.79. The molecule has 0 spiro atoms. The highest BCUT2D eigenvalue weighted by molar-refractivity contribution is 5.82. The maximum absolute atomic E-state index is 11.9. The van der Waals surface area contributed by atoms with Crippen LogP contribution >= 0.6 is 0 Å². The number of hydrogen-bond acceptors (Lipinski definition) is 4. The molecule has 6 nitrogen and oxygen atoms in total. The van der Waals surface area contributed by atoms with E-state index < -0.39 is 18.1 Å². The quantitative estimate of drug-likeness (QED) is 0.671. The van der Waals surface area contributed by atoms with Crippen molar-refractivity contribution >= 4 is 11.8 Å². The number of aryl methyl sites for hydroxylation is 1. The van der Waals surface area contributed by atoms with E-state index in [2.05, 4.69) is 29.4 Å². The second-order valence-corrected chi connectivity index (χ2v) is 7.49. The zero-order valence-corrected chi connectivity index (χ0v) is 16.5. The molecule has 0 saturated carbocycles. The Bertz CT molecular complexity index is 782. The number of rotatable bonds is 10. The number of nitrogens with zero attached hydrogens (tertiary/aromatic N) is 2. The Morgan fingerprint density at radius 1 is 1.22 bits per heavy atom. The lowest BCUT2D eigenvalue weighted by Gasteiger charge is -2.23. The molecule has 0 radical (unpaired) electrons. The van der Waals surface area contributed by atoms with Crippen LogP contribution in [0.2, 0.25) is 0 Å². The van der Waals surface area contributed by atoms with E-state index in [9.17, 15) is 14.7 Å². The van der Waals surface area contributed by atoms with Crippen LogP contribution < -0.4 is 5.32 Å². The summed E-state index contributed by atoms with van der Waals surface area (Å²) in [5, 5.41) is 12.7. The fourth-order valence-electron chi connectivity index (χ4n) is 3.12. The number of aliphatic carboxylic acids is 1. The summed E-state index contributed by atoms with van der Waals surface area (Å²) in [5.74, 6) is -0.704. The van der Waals surface area contributed by atoms with E-state index in [0.717, 1.165) is 11.3 Å². The first-order valence-corrected chi connectivity index (χ1v) is 9.30. The molecule has 0 amide bonds. The third kappa shape index (κ3) is 6.03. The molecule has 1 heterocycles. The van der Waals surface area contributed by atoms with Gasteiger partial charge < -0.3 is 9.67 Å². The molecule has 1 aromatic carbocycles. The van der Waals surface area contributed by atoms with E-state index >= 15 is 0 Å². The standard InChI is InChI=1S/C21H29N3O3/c1-14(2)9-19(16(4)25)23-20(21(26)27)10-18-11-22-13-24(18)12-17-8-6-5-7-15(17)3/h5-8,11,13-14,19-20,23H,9-10,12H2,1-4H3,(H,26,27)/t19?,20-/m0/s1. The van der Waals surface area contributed by atoms with Gasteiger partial charge in [-0.2, -0.15) is 0 Å². The maximum Gasteiger partial charge on any atom is 0.321 e. The Hall–Kier alpha value is -2.47. The van der Waals surface area contributed by atoms with Crippen LogP contribution in [-0.2, 0) is 22.6 Å². The van der Waals surface area contributed by atoms with Crippen LogP contribution in [0, 0.1) is 12.8 Å². The van der Waals surface area contributed by atoms with Crippen LogP contribution in [0.3, 0.4) is 0 Å². The summed E-state index contributed by atoms with van der Waals surface area (Å²) in [7, 11) is 0. The first kappa shape index (κ1) is 20.8. The molecular formula is C21H29N3O3. The number of carboxylic acids is 1. The molecule has 1 aromatic heterocycles. The minimum Gasteiger partial charge on any atom is -0.480 e. The first-order valence-electron chi connectivity index (χ1n) is 9.30. The average molecular weight is 371 g/mol. The number of carbonyl (C=O) groups is 2. The fraction of sp³-hybridized carbons (Fsp3) is 0.476. The molecule has 1 unspecified atom stereocenters. The summed E-state index contributed by atoms with van der Waals surface area (Å²) in [6.45, 7) is 8.23. The van der Waals surface area contributed by atoms with Gasteiger partial charge in [-0.1, -0.05) is 38.1 Å². The molecule has 146 valence electrons. The zero-order valence-electron chi connectivity index (χ0n) is 16.5. The van der Waals surface area contributed by atoms with Crippen molar-refractivity contribution in [1.29, 1.82) is 0 Å². The Morgan fingerprint density at radius 2 is 1.93 bits per heavy atom. The van der Waals surface area contributed by atoms with E-state index in [1.54, 1.807) is 12.5 Å². The third-order valence-corrected chi connectivity index (χ3v) is 4.71. The minimum absolute atomic E-state index is 0.0385. The van der Waals surface area contributed by atoms with E-state index in [1.165, 1.54) is 12.5 Å². The second-order valence-electron chi connectivity index (χ2n) is 7.49. The van der Waals surface area contributed by atoms with Crippen LogP contribution in [0.4, 0.5) is 0 Å². The summed E-state index contributed by atoms with van der Waals surface area (Å²) in [6.07, 6.45) is 4.29. The number of carboxylic acid groups (broad SMARTS) is 1. The van der Waals surface area contributed by atoms with Crippen LogP contribution in [0.15, 0.2) is 36.8 Å². The molecule has 27 heavy (non-hydrogen) atoms. The van der Waals surface area contributed by atoms with Gasteiger partial charge in [0.15, 0.2) is 0 Å². The number of carbonyl (C=O) groups excluding carboxylic acids is 1. The van der Waals surface area contributed by atoms with Gasteiger partial charge in [-0.25, -0.2) is 4.98 Å². The monoisotopic (exact) mass is 371 g/mol. The molecule has 2 rings (SSSR count). The molecule has 0 fully saturated rings. The third-order valence-electron chi connectivity index (χ3n) is 4.71. The van der Waals surface area contributed by atoms with Gasteiger partial charge in [0.1, 0.15) is 11.8 Å². The van der Waals surface area contributed by atoms with Crippen molar-refractivity contribution in [2.45, 2.75) is 59.2 Å². The Kier molecular flexibility index (Phi) is 7.30. The Morgan fingerprint density at radius 3 is 2.52 bits per heavy atom. The second kappa shape index (κ2) is 9.46. The summed E-state index contributed by atoms with van der Waals surface area (Å²) in [5.41, 5.74) is 3.17. The van der Waals surface area contributed by atoms with Crippen LogP contribution in [0.25, 0.3) is 0 Å². The molecule has 0 aliphatic rings. The van der Waals surface area contributed by atoms with Crippen molar-refractivity contribution in [3.8, 4) is 0 Å². The van der Waals surface area contributed by atoms with Crippen molar-refractivity contribution in [2.24, 2.45) is 5.92 Å². The molecular weight excluding hydrogens is 342 g/mol. The van der Waals surface area contributed by atoms with Crippen LogP contribution in [0.5, 0.6) is 0 Å². The summed E-state index contributed by atoms with van der Waals surface area (Å²) in [4.78, 5) is 27.9. The predicted molar refractivity (Wildman–Crippen MR) is 105 cm³/mol. The average Bonchev–Trinajstić information content (AvgIpc) is 3.01. The number of Topliss-reactive ketones (excluding diaryl/α,β-unsaturated/α-hetero) is 1. The van der Waals surface area contributed by atoms with Gasteiger partial charge in [-0.3, -0.25) is 14.9 Å². The van der Waals surface area contributed by atoms with E-state index in [-0.39, 0.29) is 12.2 Å². The van der Waals surface area contributed by atoms with Crippen molar-refractivity contribution in [3.63, 3.8) is 0 Å². The lowest BCUT2D eigenvalue weighted by atomic mass is 9.99. The molecule has 2 aromatic rings. The molecule has 0 saturated heterocycles. The van der Waals surface area contributed by atoms with Crippen molar-refractivity contribution in [1.82, 2.24) is 14.9 Å². The zero-order chi connectivity index (χ0) is 20.0. The van der Waals surface area contributed by atoms with Gasteiger partial charge in [-0.05, 0) is 37.3 Å². The van der Waals surface area contributed by atoms with E-state index in [1.807, 2.05) is 30.5 Å². The number of hydrogen-bond donors (Lipinski definition) is 2. The highest BCUT2D eigenvalue weighted by atomic mass is 16.4. The molecule has 0 bridgehead atoms. The lowest BCUT2D eigenvalue weighted by molar-refractivity contribution is -0.139. The predicted octanol–water partition coefficient (Wildman–Crippen LogP) is 2.83. The number of imidazole rings is 1. The Labute approximate surface area is 160 Å². The number of ketones is 1. The van der Waals surface area contributed by atoms with Crippen LogP contribution in [-0.4, -0.2) is 38.5 Å². The SMILES string of the molecule is CC(=O)C(CC(C)C)N[C@@H](Cc1cncn1Cc1ccccc1C)C(=O)O.